The first-order chi connectivity index (χ1) is 15.5. The summed E-state index contributed by atoms with van der Waals surface area (Å²) in [6.07, 6.45) is 3.38. The molecule has 1 aromatic heterocycles. The van der Waals surface area contributed by atoms with Crippen LogP contribution in [0.25, 0.3) is 32.3 Å². The Labute approximate surface area is 184 Å². The average Bonchev–Trinajstić information content (AvgIpc) is 2.83. The van der Waals surface area contributed by atoms with Crippen molar-refractivity contribution >= 4 is 32.3 Å². The molecule has 4 heteroatoms. The largest absolute Gasteiger partial charge is 0.417 e. The van der Waals surface area contributed by atoms with Crippen LogP contribution in [0.2, 0.25) is 0 Å². The van der Waals surface area contributed by atoms with E-state index in [-0.39, 0.29) is 0 Å². The summed E-state index contributed by atoms with van der Waals surface area (Å²) in [5.41, 5.74) is 1.80. The Morgan fingerprint density at radius 2 is 1.34 bits per heavy atom. The third-order valence-corrected chi connectivity index (χ3v) is 6.23. The zero-order valence-electron chi connectivity index (χ0n) is 17.5. The number of pyridine rings is 1. The minimum absolute atomic E-state index is 0.290. The molecule has 0 unspecified atom stereocenters. The van der Waals surface area contributed by atoms with Gasteiger partial charge in [-0.25, -0.2) is 0 Å². The van der Waals surface area contributed by atoms with E-state index in [9.17, 15) is 13.2 Å². The predicted octanol–water partition coefficient (Wildman–Crippen LogP) is 8.13. The lowest BCUT2D eigenvalue weighted by molar-refractivity contribution is -0.136. The number of halogens is 3. The second kappa shape index (κ2) is 8.27. The molecule has 1 aliphatic rings. The topological polar surface area (TPSA) is 12.9 Å². The molecule has 0 amide bonds. The number of hydrogen-bond donors (Lipinski definition) is 0. The molecule has 4 aromatic carbocycles. The molecule has 0 N–H and O–H groups in total. The molecule has 160 valence electrons. The van der Waals surface area contributed by atoms with Crippen LogP contribution in [0, 0.1) is 0 Å². The van der Waals surface area contributed by atoms with Crippen molar-refractivity contribution in [3.05, 3.63) is 102 Å². The van der Waals surface area contributed by atoms with Crippen LogP contribution in [0.5, 0.6) is 0 Å². The Kier molecular flexibility index (Phi) is 5.30. The van der Waals surface area contributed by atoms with Gasteiger partial charge in [-0.05, 0) is 81.3 Å². The van der Waals surface area contributed by atoms with E-state index in [2.05, 4.69) is 23.2 Å². The Hall–Kier alpha value is -3.40. The van der Waals surface area contributed by atoms with Gasteiger partial charge >= 0.3 is 6.18 Å². The third kappa shape index (κ3) is 3.81. The molecular weight excluding hydrogens is 407 g/mol. The SMILES string of the molecule is FC(F)(F)c1cc2c3c(ccc2c2ccccc12)CCCC3.c1ccc2cnccc2c1. The third-order valence-electron chi connectivity index (χ3n) is 6.23. The summed E-state index contributed by atoms with van der Waals surface area (Å²) in [6, 6.07) is 22.5. The molecule has 0 aliphatic heterocycles. The number of benzene rings is 4. The zero-order chi connectivity index (χ0) is 22.1. The fourth-order valence-corrected chi connectivity index (χ4v) is 4.69. The Bertz CT molecular complexity index is 1350. The molecule has 0 radical (unpaired) electrons. The first kappa shape index (κ1) is 20.5. The van der Waals surface area contributed by atoms with Crippen LogP contribution >= 0.6 is 0 Å². The lowest BCUT2D eigenvalue weighted by Crippen LogP contribution is -2.08. The van der Waals surface area contributed by atoms with Crippen molar-refractivity contribution in [3.8, 4) is 0 Å². The van der Waals surface area contributed by atoms with E-state index in [4.69, 9.17) is 0 Å². The van der Waals surface area contributed by atoms with E-state index < -0.39 is 11.7 Å². The average molecular weight is 429 g/mol. The highest BCUT2D eigenvalue weighted by Gasteiger charge is 2.33. The van der Waals surface area contributed by atoms with Crippen LogP contribution in [0.4, 0.5) is 13.2 Å². The maximum atomic E-state index is 13.5. The van der Waals surface area contributed by atoms with Gasteiger partial charge in [0.25, 0.3) is 0 Å². The molecule has 5 aromatic rings. The van der Waals surface area contributed by atoms with Crippen molar-refractivity contribution in [2.24, 2.45) is 0 Å². The number of aromatic nitrogens is 1. The van der Waals surface area contributed by atoms with E-state index in [1.54, 1.807) is 24.3 Å². The quantitative estimate of drug-likeness (QED) is 0.227. The van der Waals surface area contributed by atoms with Crippen LogP contribution in [0.1, 0.15) is 29.5 Å². The number of rotatable bonds is 0. The van der Waals surface area contributed by atoms with Crippen molar-refractivity contribution < 1.29 is 13.2 Å². The first-order valence-corrected chi connectivity index (χ1v) is 10.8. The Morgan fingerprint density at radius 3 is 2.12 bits per heavy atom. The second-order valence-electron chi connectivity index (χ2n) is 8.20. The highest BCUT2D eigenvalue weighted by atomic mass is 19.4. The summed E-state index contributed by atoms with van der Waals surface area (Å²) in [4.78, 5) is 4.01. The van der Waals surface area contributed by atoms with Gasteiger partial charge in [-0.2, -0.15) is 13.2 Å². The minimum Gasteiger partial charge on any atom is -0.264 e. The molecule has 0 fully saturated rings. The van der Waals surface area contributed by atoms with Gasteiger partial charge in [-0.1, -0.05) is 60.7 Å². The molecule has 0 spiro atoms. The van der Waals surface area contributed by atoms with E-state index >= 15 is 0 Å². The number of fused-ring (bicyclic) bond motifs is 6. The highest BCUT2D eigenvalue weighted by molar-refractivity contribution is 6.10. The van der Waals surface area contributed by atoms with Gasteiger partial charge in [0.05, 0.1) is 5.56 Å². The second-order valence-corrected chi connectivity index (χ2v) is 8.20. The summed E-state index contributed by atoms with van der Waals surface area (Å²) < 4.78 is 40.4. The zero-order valence-corrected chi connectivity index (χ0v) is 17.5. The smallest absolute Gasteiger partial charge is 0.264 e. The number of aryl methyl sites for hydroxylation is 2. The summed E-state index contributed by atoms with van der Waals surface area (Å²) in [5, 5.41) is 5.15. The summed E-state index contributed by atoms with van der Waals surface area (Å²) in [5.74, 6) is 0. The van der Waals surface area contributed by atoms with Crippen LogP contribution in [-0.4, -0.2) is 4.98 Å². The van der Waals surface area contributed by atoms with Gasteiger partial charge in [-0.15, -0.1) is 0 Å². The maximum Gasteiger partial charge on any atom is 0.417 e. The number of nitrogens with zero attached hydrogens (tertiary/aromatic N) is 1. The van der Waals surface area contributed by atoms with Crippen LogP contribution in [0.15, 0.2) is 85.2 Å². The fraction of sp³-hybridized carbons (Fsp3) is 0.179. The first-order valence-electron chi connectivity index (χ1n) is 10.8. The highest BCUT2D eigenvalue weighted by Crippen LogP contribution is 2.41. The van der Waals surface area contributed by atoms with Gasteiger partial charge in [0.15, 0.2) is 0 Å². The van der Waals surface area contributed by atoms with Crippen molar-refractivity contribution in [3.63, 3.8) is 0 Å². The Balaban J connectivity index is 0.000000180. The van der Waals surface area contributed by atoms with E-state index in [0.29, 0.717) is 10.8 Å². The van der Waals surface area contributed by atoms with Gasteiger partial charge in [0, 0.05) is 12.4 Å². The molecule has 1 heterocycles. The van der Waals surface area contributed by atoms with Crippen LogP contribution in [-0.2, 0) is 19.0 Å². The van der Waals surface area contributed by atoms with Crippen molar-refractivity contribution in [2.45, 2.75) is 31.9 Å². The molecule has 0 bridgehead atoms. The number of alkyl halides is 3. The van der Waals surface area contributed by atoms with Gasteiger partial charge in [0.2, 0.25) is 0 Å². The minimum atomic E-state index is -4.33. The van der Waals surface area contributed by atoms with Crippen molar-refractivity contribution in [1.29, 1.82) is 0 Å². The molecule has 0 atom stereocenters. The molecular formula is C28H22F3N. The summed E-state index contributed by atoms with van der Waals surface area (Å²) >= 11 is 0. The summed E-state index contributed by atoms with van der Waals surface area (Å²) in [7, 11) is 0. The van der Waals surface area contributed by atoms with Crippen molar-refractivity contribution in [2.75, 3.05) is 0 Å². The summed E-state index contributed by atoms with van der Waals surface area (Å²) in [6.45, 7) is 0. The monoisotopic (exact) mass is 429 g/mol. The van der Waals surface area contributed by atoms with E-state index in [1.807, 2.05) is 36.7 Å². The maximum absolute atomic E-state index is 13.5. The molecule has 0 saturated heterocycles. The predicted molar refractivity (Wildman–Crippen MR) is 125 cm³/mol. The normalized spacial score (nSPS) is 13.6. The Morgan fingerprint density at radius 1 is 0.656 bits per heavy atom. The number of hydrogen-bond acceptors (Lipinski definition) is 1. The van der Waals surface area contributed by atoms with E-state index in [1.165, 1.54) is 22.4 Å². The molecule has 0 saturated carbocycles. The lowest BCUT2D eigenvalue weighted by atomic mass is 9.85. The van der Waals surface area contributed by atoms with Gasteiger partial charge in [-0.3, -0.25) is 4.98 Å². The van der Waals surface area contributed by atoms with Gasteiger partial charge in [0.1, 0.15) is 0 Å². The van der Waals surface area contributed by atoms with E-state index in [0.717, 1.165) is 42.0 Å². The fourth-order valence-electron chi connectivity index (χ4n) is 4.69. The molecule has 6 rings (SSSR count). The van der Waals surface area contributed by atoms with Gasteiger partial charge < -0.3 is 0 Å². The van der Waals surface area contributed by atoms with Crippen LogP contribution < -0.4 is 0 Å². The standard InChI is InChI=1S/C19H15F3.C9H7N/c20-19(21,22)18-11-17-13-6-2-1-5-12(13)9-10-15(17)14-7-3-4-8-16(14)18;1-2-4-9-7-10-6-5-8(9)3-1/h3-4,7-11H,1-2,5-6H2;1-7H. The molecule has 1 aliphatic carbocycles. The molecule has 1 nitrogen and oxygen atoms in total. The molecule has 32 heavy (non-hydrogen) atoms. The lowest BCUT2D eigenvalue weighted by Gasteiger charge is -2.20. The van der Waals surface area contributed by atoms with Crippen molar-refractivity contribution in [1.82, 2.24) is 4.98 Å². The van der Waals surface area contributed by atoms with Crippen LogP contribution in [0.3, 0.4) is 0 Å².